The first-order chi connectivity index (χ1) is 12.4. The molecule has 0 spiro atoms. The Kier molecular flexibility index (Phi) is 8.66. The molecule has 7 nitrogen and oxygen atoms in total. The van der Waals surface area contributed by atoms with E-state index in [4.69, 9.17) is 24.8 Å². The van der Waals surface area contributed by atoms with Crippen molar-refractivity contribution >= 4 is 11.9 Å². The third-order valence-corrected chi connectivity index (χ3v) is 3.10. The van der Waals surface area contributed by atoms with Gasteiger partial charge in [0.2, 0.25) is 0 Å². The van der Waals surface area contributed by atoms with E-state index < -0.39 is 12.1 Å². The highest BCUT2D eigenvalue weighted by atomic mass is 16.5. The van der Waals surface area contributed by atoms with Crippen molar-refractivity contribution in [2.75, 3.05) is 6.61 Å². The number of carbonyl (C=O) groups is 2. The first kappa shape index (κ1) is 21.0. The van der Waals surface area contributed by atoms with E-state index in [1.54, 1.807) is 31.2 Å². The molecule has 0 heterocycles. The largest absolute Gasteiger partial charge is 0.508 e. The Morgan fingerprint density at radius 3 is 1.96 bits per heavy atom. The van der Waals surface area contributed by atoms with Crippen LogP contribution in [-0.4, -0.2) is 33.9 Å². The van der Waals surface area contributed by atoms with Gasteiger partial charge in [-0.1, -0.05) is 19.1 Å². The van der Waals surface area contributed by atoms with Gasteiger partial charge in [0, 0.05) is 6.42 Å². The number of rotatable bonds is 6. The number of carboxylic acids is 1. The predicted molar refractivity (Wildman–Crippen MR) is 94.2 cm³/mol. The molecule has 140 valence electrons. The smallest absolute Gasteiger partial charge is 0.337 e. The summed E-state index contributed by atoms with van der Waals surface area (Å²) < 4.78 is 10.3. The molecule has 2 aromatic rings. The van der Waals surface area contributed by atoms with E-state index in [2.05, 4.69) is 0 Å². The van der Waals surface area contributed by atoms with Crippen LogP contribution in [0.1, 0.15) is 31.9 Å². The topological polar surface area (TPSA) is 113 Å². The van der Waals surface area contributed by atoms with Gasteiger partial charge >= 0.3 is 11.9 Å². The molecule has 0 fully saturated rings. The number of esters is 1. The second-order valence-electron chi connectivity index (χ2n) is 5.06. The van der Waals surface area contributed by atoms with Crippen molar-refractivity contribution in [1.82, 2.24) is 0 Å². The van der Waals surface area contributed by atoms with Crippen LogP contribution >= 0.6 is 0 Å². The lowest BCUT2D eigenvalue weighted by molar-refractivity contribution is -0.147. The van der Waals surface area contributed by atoms with Crippen LogP contribution in [0, 0.1) is 0 Å². The number of aliphatic hydroxyl groups is 1. The number of phenolic OH excluding ortho intramolecular Hbond substituents is 1. The summed E-state index contributed by atoms with van der Waals surface area (Å²) in [7, 11) is 0. The third kappa shape index (κ3) is 7.23. The van der Waals surface area contributed by atoms with E-state index >= 15 is 0 Å². The SMILES string of the molecule is CCOc1ccc(OC(=O)CC)cc1.O=C(O)C(O)c1ccc(O)cc1. The van der Waals surface area contributed by atoms with Crippen LogP contribution in [-0.2, 0) is 9.59 Å². The Morgan fingerprint density at radius 2 is 1.50 bits per heavy atom. The minimum absolute atomic E-state index is 0.0383. The van der Waals surface area contributed by atoms with Crippen LogP contribution in [0.15, 0.2) is 48.5 Å². The fourth-order valence-electron chi connectivity index (χ4n) is 1.77. The number of aromatic hydroxyl groups is 1. The average Bonchev–Trinajstić information content (AvgIpc) is 2.64. The van der Waals surface area contributed by atoms with Crippen LogP contribution in [0.2, 0.25) is 0 Å². The van der Waals surface area contributed by atoms with Gasteiger partial charge in [0.05, 0.1) is 6.61 Å². The Hall–Kier alpha value is -3.06. The highest BCUT2D eigenvalue weighted by Gasteiger charge is 2.14. The maximum Gasteiger partial charge on any atom is 0.337 e. The van der Waals surface area contributed by atoms with Crippen LogP contribution in [0.5, 0.6) is 17.2 Å². The number of aliphatic carboxylic acids is 1. The first-order valence-electron chi connectivity index (χ1n) is 8.00. The molecule has 1 unspecified atom stereocenters. The monoisotopic (exact) mass is 362 g/mol. The van der Waals surface area contributed by atoms with E-state index in [1.165, 1.54) is 24.3 Å². The number of phenols is 1. The van der Waals surface area contributed by atoms with Gasteiger partial charge in [0.1, 0.15) is 17.2 Å². The number of ether oxygens (including phenoxy) is 2. The lowest BCUT2D eigenvalue weighted by Gasteiger charge is -2.04. The van der Waals surface area contributed by atoms with E-state index in [9.17, 15) is 9.59 Å². The number of benzene rings is 2. The van der Waals surface area contributed by atoms with Crippen molar-refractivity contribution < 1.29 is 34.4 Å². The molecule has 0 aliphatic rings. The molecule has 0 aliphatic carbocycles. The number of carbonyl (C=O) groups excluding carboxylic acids is 1. The van der Waals surface area contributed by atoms with Gasteiger partial charge in [0.15, 0.2) is 6.10 Å². The zero-order chi connectivity index (χ0) is 19.5. The van der Waals surface area contributed by atoms with Gasteiger partial charge in [-0.05, 0) is 48.9 Å². The van der Waals surface area contributed by atoms with Crippen molar-refractivity contribution in [3.05, 3.63) is 54.1 Å². The molecule has 0 saturated heterocycles. The summed E-state index contributed by atoms with van der Waals surface area (Å²) in [6.45, 7) is 4.32. The summed E-state index contributed by atoms with van der Waals surface area (Å²) in [4.78, 5) is 21.2. The molecular weight excluding hydrogens is 340 g/mol. The minimum Gasteiger partial charge on any atom is -0.508 e. The molecule has 1 atom stereocenters. The Balaban J connectivity index is 0.000000263. The molecule has 0 radical (unpaired) electrons. The maximum atomic E-state index is 10.9. The molecule has 3 N–H and O–H groups in total. The number of hydrogen-bond acceptors (Lipinski definition) is 6. The molecule has 0 aromatic heterocycles. The molecular formula is C19H22O7. The van der Waals surface area contributed by atoms with Crippen molar-refractivity contribution in [1.29, 1.82) is 0 Å². The van der Waals surface area contributed by atoms with Gasteiger partial charge in [-0.3, -0.25) is 4.79 Å². The van der Waals surface area contributed by atoms with Crippen molar-refractivity contribution in [3.63, 3.8) is 0 Å². The fourth-order valence-corrected chi connectivity index (χ4v) is 1.77. The maximum absolute atomic E-state index is 10.9. The number of hydrogen-bond donors (Lipinski definition) is 3. The second-order valence-corrected chi connectivity index (χ2v) is 5.06. The zero-order valence-electron chi connectivity index (χ0n) is 14.6. The van der Waals surface area contributed by atoms with E-state index in [0.29, 0.717) is 18.8 Å². The van der Waals surface area contributed by atoms with E-state index in [-0.39, 0.29) is 17.3 Å². The van der Waals surface area contributed by atoms with Crippen LogP contribution in [0.3, 0.4) is 0 Å². The van der Waals surface area contributed by atoms with Crippen molar-refractivity contribution in [2.24, 2.45) is 0 Å². The lowest BCUT2D eigenvalue weighted by atomic mass is 10.1. The van der Waals surface area contributed by atoms with Crippen LogP contribution in [0.4, 0.5) is 0 Å². The summed E-state index contributed by atoms with van der Waals surface area (Å²) in [5.41, 5.74) is 0.250. The molecule has 0 bridgehead atoms. The highest BCUT2D eigenvalue weighted by molar-refractivity contribution is 5.74. The summed E-state index contributed by atoms with van der Waals surface area (Å²) in [5.74, 6) is -0.157. The van der Waals surface area contributed by atoms with Crippen molar-refractivity contribution in [3.8, 4) is 17.2 Å². The molecule has 0 amide bonds. The summed E-state index contributed by atoms with van der Waals surface area (Å²) in [5, 5.41) is 26.2. The standard InChI is InChI=1S/C11H14O3.C8H8O4/c1-3-11(12)14-10-7-5-9(6-8-10)13-4-2;9-6-3-1-5(2-4-6)7(10)8(11)12/h5-8H,3-4H2,1-2H3;1-4,7,9-10H,(H,11,12). The summed E-state index contributed by atoms with van der Waals surface area (Å²) in [6.07, 6.45) is -1.14. The quantitative estimate of drug-likeness (QED) is 0.535. The molecule has 26 heavy (non-hydrogen) atoms. The van der Waals surface area contributed by atoms with Crippen molar-refractivity contribution in [2.45, 2.75) is 26.4 Å². The molecule has 0 saturated carbocycles. The fraction of sp³-hybridized carbons (Fsp3) is 0.263. The molecule has 7 heteroatoms. The zero-order valence-corrected chi connectivity index (χ0v) is 14.6. The Bertz CT molecular complexity index is 693. The molecule has 2 rings (SSSR count). The Labute approximate surface area is 151 Å². The molecule has 2 aromatic carbocycles. The highest BCUT2D eigenvalue weighted by Crippen LogP contribution is 2.18. The number of aliphatic hydroxyl groups excluding tert-OH is 1. The predicted octanol–water partition coefficient (Wildman–Crippen LogP) is 2.91. The normalized spacial score (nSPS) is 10.9. The number of carboxylic acid groups (broad SMARTS) is 1. The van der Waals surface area contributed by atoms with Crippen LogP contribution < -0.4 is 9.47 Å². The second kappa shape index (κ2) is 10.7. The molecule has 0 aliphatic heterocycles. The average molecular weight is 362 g/mol. The van der Waals surface area contributed by atoms with Gasteiger partial charge in [-0.15, -0.1) is 0 Å². The van der Waals surface area contributed by atoms with Gasteiger partial charge in [0.25, 0.3) is 0 Å². The van der Waals surface area contributed by atoms with E-state index in [1.807, 2.05) is 6.92 Å². The lowest BCUT2D eigenvalue weighted by Crippen LogP contribution is -2.09. The van der Waals surface area contributed by atoms with Gasteiger partial charge in [-0.25, -0.2) is 4.79 Å². The summed E-state index contributed by atoms with van der Waals surface area (Å²) in [6, 6.07) is 12.4. The van der Waals surface area contributed by atoms with E-state index in [0.717, 1.165) is 5.75 Å². The minimum atomic E-state index is -1.52. The first-order valence-corrected chi connectivity index (χ1v) is 8.00. The van der Waals surface area contributed by atoms with Gasteiger partial charge < -0.3 is 24.8 Å². The van der Waals surface area contributed by atoms with Gasteiger partial charge in [-0.2, -0.15) is 0 Å². The third-order valence-electron chi connectivity index (χ3n) is 3.10. The summed E-state index contributed by atoms with van der Waals surface area (Å²) >= 11 is 0. The van der Waals surface area contributed by atoms with Crippen LogP contribution in [0.25, 0.3) is 0 Å². The Morgan fingerprint density at radius 1 is 0.962 bits per heavy atom.